The number of carbonyl (C=O) groups is 3. The average molecular weight is 326 g/mol. The molecule has 130 valence electrons. The Morgan fingerprint density at radius 2 is 2.00 bits per heavy atom. The number of likely N-dealkylation sites (tertiary alicyclic amines) is 2. The summed E-state index contributed by atoms with van der Waals surface area (Å²) in [5.41, 5.74) is -1.48. The van der Waals surface area contributed by atoms with E-state index in [1.54, 1.807) is 27.7 Å². The molecular weight excluding hydrogens is 300 g/mol. The van der Waals surface area contributed by atoms with E-state index >= 15 is 0 Å². The molecule has 2 aliphatic heterocycles. The van der Waals surface area contributed by atoms with Crippen LogP contribution in [-0.2, 0) is 19.1 Å². The number of hydrogen-bond acceptors (Lipinski definition) is 5. The van der Waals surface area contributed by atoms with Crippen LogP contribution in [-0.4, -0.2) is 64.6 Å². The topological polar surface area (TPSA) is 76.2 Å². The van der Waals surface area contributed by atoms with Gasteiger partial charge in [0.2, 0.25) is 0 Å². The van der Waals surface area contributed by atoms with Gasteiger partial charge in [0.25, 0.3) is 5.91 Å². The third kappa shape index (κ3) is 3.01. The average Bonchev–Trinajstić information content (AvgIpc) is 2.89. The van der Waals surface area contributed by atoms with E-state index in [9.17, 15) is 14.4 Å². The minimum atomic E-state index is -0.866. The molecule has 2 heterocycles. The molecule has 2 amide bonds. The highest BCUT2D eigenvalue weighted by Gasteiger charge is 2.65. The molecule has 2 atom stereocenters. The van der Waals surface area contributed by atoms with Crippen molar-refractivity contribution in [2.75, 3.05) is 19.7 Å². The van der Waals surface area contributed by atoms with Crippen molar-refractivity contribution in [2.24, 2.45) is 0 Å². The predicted octanol–water partition coefficient (Wildman–Crippen LogP) is 1.55. The Morgan fingerprint density at radius 1 is 1.35 bits per heavy atom. The maximum absolute atomic E-state index is 12.7. The van der Waals surface area contributed by atoms with Crippen molar-refractivity contribution in [3.8, 4) is 0 Å². The Bertz CT molecular complexity index is 513. The molecule has 7 heteroatoms. The summed E-state index contributed by atoms with van der Waals surface area (Å²) in [7, 11) is 0. The van der Waals surface area contributed by atoms with Crippen LogP contribution in [0.5, 0.6) is 0 Å². The van der Waals surface area contributed by atoms with Gasteiger partial charge in [-0.05, 0) is 47.5 Å². The second-order valence-electron chi connectivity index (χ2n) is 7.07. The predicted molar refractivity (Wildman–Crippen MR) is 82.7 cm³/mol. The lowest BCUT2D eigenvalue weighted by atomic mass is 9.77. The first-order chi connectivity index (χ1) is 10.6. The van der Waals surface area contributed by atoms with Crippen LogP contribution in [0.25, 0.3) is 0 Å². The summed E-state index contributed by atoms with van der Waals surface area (Å²) in [6, 6.07) is -0.227. The SMILES string of the molecule is CCOC(=O)CN1C(=O)C2(CCCN2C(=O)OC(C)(C)C)C1C. The maximum Gasteiger partial charge on any atom is 0.411 e. The first kappa shape index (κ1) is 17.6. The van der Waals surface area contributed by atoms with Gasteiger partial charge in [-0.15, -0.1) is 0 Å². The highest BCUT2D eigenvalue weighted by atomic mass is 16.6. The van der Waals surface area contributed by atoms with E-state index < -0.39 is 23.2 Å². The number of amides is 2. The Morgan fingerprint density at radius 3 is 2.52 bits per heavy atom. The Balaban J connectivity index is 2.11. The van der Waals surface area contributed by atoms with E-state index in [1.165, 1.54) is 9.80 Å². The minimum absolute atomic E-state index is 0.0717. The summed E-state index contributed by atoms with van der Waals surface area (Å²) < 4.78 is 10.3. The fourth-order valence-electron chi connectivity index (χ4n) is 3.42. The van der Waals surface area contributed by atoms with Crippen LogP contribution in [0.3, 0.4) is 0 Å². The molecule has 2 rings (SSSR count). The number of hydrogen-bond donors (Lipinski definition) is 0. The third-order valence-corrected chi connectivity index (χ3v) is 4.43. The van der Waals surface area contributed by atoms with Crippen molar-refractivity contribution >= 4 is 18.0 Å². The molecule has 0 bridgehead atoms. The normalized spacial score (nSPS) is 27.2. The fraction of sp³-hybridized carbons (Fsp3) is 0.812. The number of ether oxygens (including phenoxy) is 2. The summed E-state index contributed by atoms with van der Waals surface area (Å²) in [5, 5.41) is 0. The molecule has 2 unspecified atom stereocenters. The highest BCUT2D eigenvalue weighted by molar-refractivity contribution is 5.99. The largest absolute Gasteiger partial charge is 0.465 e. The summed E-state index contributed by atoms with van der Waals surface area (Å²) in [5.74, 6) is -0.620. The van der Waals surface area contributed by atoms with Gasteiger partial charge in [0, 0.05) is 6.54 Å². The lowest BCUT2D eigenvalue weighted by molar-refractivity contribution is -0.176. The van der Waals surface area contributed by atoms with E-state index in [1.807, 2.05) is 6.92 Å². The summed E-state index contributed by atoms with van der Waals surface area (Å²) >= 11 is 0. The van der Waals surface area contributed by atoms with Crippen molar-refractivity contribution in [2.45, 2.75) is 64.6 Å². The molecule has 0 radical (unpaired) electrons. The Labute approximate surface area is 136 Å². The summed E-state index contributed by atoms with van der Waals surface area (Å²) in [4.78, 5) is 39.7. The fourth-order valence-corrected chi connectivity index (χ4v) is 3.42. The van der Waals surface area contributed by atoms with Gasteiger partial charge in [-0.25, -0.2) is 4.79 Å². The van der Waals surface area contributed by atoms with E-state index in [4.69, 9.17) is 9.47 Å². The van der Waals surface area contributed by atoms with E-state index in [0.717, 1.165) is 6.42 Å². The summed E-state index contributed by atoms with van der Waals surface area (Å²) in [6.07, 6.45) is 0.889. The molecule has 23 heavy (non-hydrogen) atoms. The first-order valence-corrected chi connectivity index (χ1v) is 8.11. The number of esters is 1. The lowest BCUT2D eigenvalue weighted by Gasteiger charge is -2.56. The molecule has 1 spiro atoms. The molecule has 0 aliphatic carbocycles. The van der Waals surface area contributed by atoms with Crippen LogP contribution in [0.2, 0.25) is 0 Å². The van der Waals surface area contributed by atoms with Crippen molar-refractivity contribution in [3.63, 3.8) is 0 Å². The van der Waals surface area contributed by atoms with Crippen LogP contribution in [0.4, 0.5) is 4.79 Å². The van der Waals surface area contributed by atoms with Crippen LogP contribution in [0, 0.1) is 0 Å². The minimum Gasteiger partial charge on any atom is -0.465 e. The second-order valence-corrected chi connectivity index (χ2v) is 7.07. The number of nitrogens with zero attached hydrogens (tertiary/aromatic N) is 2. The van der Waals surface area contributed by atoms with Gasteiger partial charge in [0.15, 0.2) is 0 Å². The van der Waals surface area contributed by atoms with Crippen molar-refractivity contribution in [1.29, 1.82) is 0 Å². The van der Waals surface area contributed by atoms with Gasteiger partial charge >= 0.3 is 12.1 Å². The molecule has 0 saturated carbocycles. The Hall–Kier alpha value is -1.79. The number of rotatable bonds is 3. The smallest absolute Gasteiger partial charge is 0.411 e. The Kier molecular flexibility index (Phi) is 4.59. The molecule has 2 saturated heterocycles. The van der Waals surface area contributed by atoms with Gasteiger partial charge in [-0.1, -0.05) is 0 Å². The van der Waals surface area contributed by atoms with Crippen LogP contribution in [0.15, 0.2) is 0 Å². The van der Waals surface area contributed by atoms with Crippen molar-refractivity contribution in [3.05, 3.63) is 0 Å². The molecule has 0 aromatic carbocycles. The van der Waals surface area contributed by atoms with Crippen molar-refractivity contribution < 1.29 is 23.9 Å². The van der Waals surface area contributed by atoms with E-state index in [-0.39, 0.29) is 25.1 Å². The van der Waals surface area contributed by atoms with E-state index in [2.05, 4.69) is 0 Å². The molecule has 2 aliphatic rings. The van der Waals surface area contributed by atoms with Crippen molar-refractivity contribution in [1.82, 2.24) is 9.80 Å². The zero-order valence-electron chi connectivity index (χ0n) is 14.5. The lowest BCUT2D eigenvalue weighted by Crippen LogP contribution is -2.78. The van der Waals surface area contributed by atoms with Gasteiger partial charge in [-0.2, -0.15) is 0 Å². The standard InChI is InChI=1S/C16H26N2O5/c1-6-22-12(19)10-17-11(2)16(13(17)20)8-7-9-18(16)14(21)23-15(3,4)5/h11H,6-10H2,1-5H3. The molecule has 0 aromatic heterocycles. The molecular formula is C16H26N2O5. The van der Waals surface area contributed by atoms with Gasteiger partial charge < -0.3 is 14.4 Å². The van der Waals surface area contributed by atoms with Gasteiger partial charge in [0.05, 0.1) is 12.6 Å². The molecule has 0 N–H and O–H groups in total. The van der Waals surface area contributed by atoms with E-state index in [0.29, 0.717) is 13.0 Å². The molecule has 7 nitrogen and oxygen atoms in total. The van der Waals surface area contributed by atoms with Crippen LogP contribution < -0.4 is 0 Å². The monoisotopic (exact) mass is 326 g/mol. The zero-order chi connectivity index (χ0) is 17.4. The van der Waals surface area contributed by atoms with Crippen LogP contribution in [0.1, 0.15) is 47.5 Å². The zero-order valence-corrected chi connectivity index (χ0v) is 14.5. The van der Waals surface area contributed by atoms with Gasteiger partial charge in [-0.3, -0.25) is 14.5 Å². The number of β-lactam (4-membered cyclic amide) rings is 1. The second kappa shape index (κ2) is 6.02. The maximum atomic E-state index is 12.7. The highest BCUT2D eigenvalue weighted by Crippen LogP contribution is 2.44. The van der Waals surface area contributed by atoms with Crippen LogP contribution >= 0.6 is 0 Å². The molecule has 2 fully saturated rings. The number of carbonyl (C=O) groups excluding carboxylic acids is 3. The first-order valence-electron chi connectivity index (χ1n) is 8.11. The summed E-state index contributed by atoms with van der Waals surface area (Å²) in [6.45, 7) is 9.69. The quantitative estimate of drug-likeness (QED) is 0.581. The molecule has 0 aromatic rings. The van der Waals surface area contributed by atoms with Gasteiger partial charge in [0.1, 0.15) is 17.7 Å². The third-order valence-electron chi connectivity index (χ3n) is 4.43.